The molecule has 0 aliphatic carbocycles. The number of carbonyl (C=O) groups excluding carboxylic acids is 2. The van der Waals surface area contributed by atoms with Gasteiger partial charge in [-0.3, -0.25) is 9.78 Å². The van der Waals surface area contributed by atoms with Crippen molar-refractivity contribution in [2.75, 3.05) is 33.5 Å². The van der Waals surface area contributed by atoms with Crippen LogP contribution < -0.4 is 10.1 Å². The molecule has 0 atom stereocenters. The number of benzene rings is 1. The van der Waals surface area contributed by atoms with E-state index in [1.165, 1.54) is 6.07 Å². The fourth-order valence-electron chi connectivity index (χ4n) is 3.99. The maximum Gasteiger partial charge on any atom is 0.410 e. The van der Waals surface area contributed by atoms with Crippen molar-refractivity contribution in [3.63, 3.8) is 0 Å². The molecule has 1 aromatic heterocycles. The summed E-state index contributed by atoms with van der Waals surface area (Å²) in [7, 11) is 1.54. The molecule has 0 radical (unpaired) electrons. The van der Waals surface area contributed by atoms with Crippen molar-refractivity contribution in [3.05, 3.63) is 57.8 Å². The molecule has 3 rings (SSSR count). The van der Waals surface area contributed by atoms with Crippen molar-refractivity contribution >= 4 is 35.2 Å². The Labute approximate surface area is 215 Å². The molecule has 1 aliphatic heterocycles. The van der Waals surface area contributed by atoms with Crippen LogP contribution in [0, 0.1) is 0 Å². The minimum Gasteiger partial charge on any atom is -0.466 e. The second-order valence-electron chi connectivity index (χ2n) is 9.46. The highest BCUT2D eigenvalue weighted by Gasteiger charge is 2.42. The van der Waals surface area contributed by atoms with Crippen LogP contribution in [0.15, 0.2) is 36.5 Å². The van der Waals surface area contributed by atoms with Gasteiger partial charge in [0.1, 0.15) is 11.4 Å². The second kappa shape index (κ2) is 11.5. The summed E-state index contributed by atoms with van der Waals surface area (Å²) in [5.41, 5.74) is -0.144. The number of amides is 2. The van der Waals surface area contributed by atoms with Gasteiger partial charge >= 0.3 is 6.09 Å². The Morgan fingerprint density at radius 1 is 1.17 bits per heavy atom. The van der Waals surface area contributed by atoms with Crippen molar-refractivity contribution in [1.82, 2.24) is 15.2 Å². The lowest BCUT2D eigenvalue weighted by molar-refractivity contribution is 0.0153. The first-order valence-electron chi connectivity index (χ1n) is 11.3. The zero-order valence-corrected chi connectivity index (χ0v) is 21.9. The summed E-state index contributed by atoms with van der Waals surface area (Å²) in [5.74, 6) is 0.245. The normalized spacial score (nSPS) is 15.4. The molecular formula is C25H31Cl2N3O5. The highest BCUT2D eigenvalue weighted by atomic mass is 35.5. The predicted molar refractivity (Wildman–Crippen MR) is 134 cm³/mol. The standard InChI is InChI=1S/C25H31Cl2N3O5/c1-24(2,3)35-23(32)30-12-9-25(10-13-30,21-20(34-16-33-4)6-5-11-28-21)15-29-22(31)18-8-7-17(26)14-19(18)27/h5-8,11,14H,9-10,12-13,15-16H2,1-4H3,(H,29,31). The van der Waals surface area contributed by atoms with E-state index in [2.05, 4.69) is 10.3 Å². The van der Waals surface area contributed by atoms with E-state index in [9.17, 15) is 9.59 Å². The lowest BCUT2D eigenvalue weighted by Crippen LogP contribution is -2.51. The van der Waals surface area contributed by atoms with Crippen LogP contribution in [0.5, 0.6) is 5.75 Å². The van der Waals surface area contributed by atoms with Crippen molar-refractivity contribution in [2.24, 2.45) is 0 Å². The Morgan fingerprint density at radius 3 is 2.51 bits per heavy atom. The van der Waals surface area contributed by atoms with Gasteiger partial charge < -0.3 is 24.4 Å². The summed E-state index contributed by atoms with van der Waals surface area (Å²) in [6, 6.07) is 8.34. The van der Waals surface area contributed by atoms with E-state index in [0.29, 0.717) is 48.0 Å². The quantitative estimate of drug-likeness (QED) is 0.509. The Morgan fingerprint density at radius 2 is 1.89 bits per heavy atom. The monoisotopic (exact) mass is 523 g/mol. The molecule has 0 saturated carbocycles. The third kappa shape index (κ3) is 6.99. The van der Waals surface area contributed by atoms with Crippen LogP contribution in [0.4, 0.5) is 4.79 Å². The number of hydrogen-bond acceptors (Lipinski definition) is 6. The number of rotatable bonds is 7. The van der Waals surface area contributed by atoms with Gasteiger partial charge in [0.15, 0.2) is 6.79 Å². The van der Waals surface area contributed by atoms with Gasteiger partial charge in [-0.1, -0.05) is 23.2 Å². The van der Waals surface area contributed by atoms with E-state index >= 15 is 0 Å². The maximum absolute atomic E-state index is 13.0. The molecule has 0 spiro atoms. The molecule has 1 N–H and O–H groups in total. The number of halogens is 2. The topological polar surface area (TPSA) is 90.0 Å². The van der Waals surface area contributed by atoms with Gasteiger partial charge in [-0.2, -0.15) is 0 Å². The lowest BCUT2D eigenvalue weighted by Gasteiger charge is -2.42. The van der Waals surface area contributed by atoms with E-state index in [-0.39, 0.29) is 30.4 Å². The number of ether oxygens (including phenoxy) is 3. The number of hydrogen-bond donors (Lipinski definition) is 1. The fraction of sp³-hybridized carbons (Fsp3) is 0.480. The van der Waals surface area contributed by atoms with Crippen LogP contribution in [0.1, 0.15) is 49.7 Å². The molecule has 1 fully saturated rings. The smallest absolute Gasteiger partial charge is 0.410 e. The summed E-state index contributed by atoms with van der Waals surface area (Å²) < 4.78 is 16.4. The van der Waals surface area contributed by atoms with Crippen molar-refractivity contribution in [2.45, 2.75) is 44.6 Å². The van der Waals surface area contributed by atoms with Crippen molar-refractivity contribution in [3.8, 4) is 5.75 Å². The van der Waals surface area contributed by atoms with Gasteiger partial charge in [0.2, 0.25) is 0 Å². The Hall–Kier alpha value is -2.55. The third-order valence-electron chi connectivity index (χ3n) is 5.74. The van der Waals surface area contributed by atoms with Gasteiger partial charge in [-0.05, 0) is 63.9 Å². The average molecular weight is 524 g/mol. The first kappa shape index (κ1) is 27.0. The highest BCUT2D eigenvalue weighted by Crippen LogP contribution is 2.39. The Kier molecular flexibility index (Phi) is 8.85. The SMILES string of the molecule is COCOc1cccnc1C1(CNC(=O)c2ccc(Cl)cc2Cl)CCN(C(=O)OC(C)(C)C)CC1. The Balaban J connectivity index is 1.85. The van der Waals surface area contributed by atoms with Crippen LogP contribution in [-0.4, -0.2) is 61.0 Å². The number of nitrogens with zero attached hydrogens (tertiary/aromatic N) is 2. The lowest BCUT2D eigenvalue weighted by atomic mass is 9.74. The molecule has 1 aromatic carbocycles. The van der Waals surface area contributed by atoms with Gasteiger partial charge in [0.05, 0.1) is 16.3 Å². The zero-order chi connectivity index (χ0) is 25.6. The minimum absolute atomic E-state index is 0.0611. The molecule has 0 unspecified atom stereocenters. The van der Waals surface area contributed by atoms with Gasteiger partial charge in [0.25, 0.3) is 5.91 Å². The molecule has 190 valence electrons. The number of methoxy groups -OCH3 is 1. The molecule has 8 nitrogen and oxygen atoms in total. The van der Waals surface area contributed by atoms with Crippen LogP contribution >= 0.6 is 23.2 Å². The molecule has 2 heterocycles. The average Bonchev–Trinajstić information content (AvgIpc) is 2.80. The van der Waals surface area contributed by atoms with E-state index in [1.807, 2.05) is 26.8 Å². The van der Waals surface area contributed by atoms with E-state index in [1.54, 1.807) is 36.4 Å². The number of likely N-dealkylation sites (tertiary alicyclic amines) is 1. The number of pyridine rings is 1. The molecule has 2 amide bonds. The number of nitrogens with one attached hydrogen (secondary N) is 1. The first-order valence-corrected chi connectivity index (χ1v) is 12.1. The highest BCUT2D eigenvalue weighted by molar-refractivity contribution is 6.36. The van der Waals surface area contributed by atoms with E-state index in [0.717, 1.165) is 0 Å². The number of carbonyl (C=O) groups is 2. The first-order chi connectivity index (χ1) is 16.5. The summed E-state index contributed by atoms with van der Waals surface area (Å²) in [5, 5.41) is 3.73. The molecule has 1 saturated heterocycles. The molecule has 0 bridgehead atoms. The second-order valence-corrected chi connectivity index (χ2v) is 10.3. The third-order valence-corrected chi connectivity index (χ3v) is 6.29. The number of piperidine rings is 1. The fourth-order valence-corrected chi connectivity index (χ4v) is 4.48. The maximum atomic E-state index is 13.0. The van der Waals surface area contributed by atoms with Crippen LogP contribution in [0.2, 0.25) is 10.0 Å². The summed E-state index contributed by atoms with van der Waals surface area (Å²) in [6.07, 6.45) is 2.41. The van der Waals surface area contributed by atoms with Crippen LogP contribution in [0.3, 0.4) is 0 Å². The molecule has 10 heteroatoms. The van der Waals surface area contributed by atoms with E-state index < -0.39 is 11.0 Å². The predicted octanol–water partition coefficient (Wildman–Crippen LogP) is 5.07. The van der Waals surface area contributed by atoms with Crippen LogP contribution in [0.25, 0.3) is 0 Å². The Bertz CT molecular complexity index is 1050. The molecule has 35 heavy (non-hydrogen) atoms. The molecule has 2 aromatic rings. The van der Waals surface area contributed by atoms with Gasteiger partial charge in [0, 0.05) is 43.4 Å². The number of aromatic nitrogens is 1. The largest absolute Gasteiger partial charge is 0.466 e. The van der Waals surface area contributed by atoms with Gasteiger partial charge in [-0.15, -0.1) is 0 Å². The summed E-state index contributed by atoms with van der Waals surface area (Å²) >= 11 is 12.2. The molecule has 1 aliphatic rings. The van der Waals surface area contributed by atoms with Crippen molar-refractivity contribution < 1.29 is 23.8 Å². The van der Waals surface area contributed by atoms with E-state index in [4.69, 9.17) is 37.4 Å². The van der Waals surface area contributed by atoms with Crippen LogP contribution in [-0.2, 0) is 14.9 Å². The summed E-state index contributed by atoms with van der Waals surface area (Å²) in [6.45, 7) is 6.72. The van der Waals surface area contributed by atoms with Gasteiger partial charge in [-0.25, -0.2) is 4.79 Å². The zero-order valence-electron chi connectivity index (χ0n) is 20.4. The summed E-state index contributed by atoms with van der Waals surface area (Å²) in [4.78, 5) is 31.9. The minimum atomic E-state index is -0.586. The molecular weight excluding hydrogens is 493 g/mol. The van der Waals surface area contributed by atoms with Crippen molar-refractivity contribution in [1.29, 1.82) is 0 Å².